The summed E-state index contributed by atoms with van der Waals surface area (Å²) in [5, 5.41) is 11.5. The van der Waals surface area contributed by atoms with E-state index in [1.165, 1.54) is 12.1 Å². The normalized spacial score (nSPS) is 11.2. The maximum atomic E-state index is 12.6. The summed E-state index contributed by atoms with van der Waals surface area (Å²) in [7, 11) is 0. The zero-order valence-corrected chi connectivity index (χ0v) is 13.3. The van der Waals surface area contributed by atoms with Crippen LogP contribution in [0.3, 0.4) is 0 Å². The molecule has 0 bridgehead atoms. The van der Waals surface area contributed by atoms with Crippen molar-refractivity contribution in [1.82, 2.24) is 4.98 Å². The first kappa shape index (κ1) is 17.5. The lowest BCUT2D eigenvalue weighted by atomic mass is 10.1. The molecule has 5 nitrogen and oxygen atoms in total. The molecular formula is C18H13F3N2O3. The maximum Gasteiger partial charge on any atom is 0.416 e. The fourth-order valence-electron chi connectivity index (χ4n) is 2.11. The Hall–Kier alpha value is -3.29. The van der Waals surface area contributed by atoms with Gasteiger partial charge in [-0.15, -0.1) is 0 Å². The molecule has 0 aliphatic carbocycles. The van der Waals surface area contributed by atoms with Crippen molar-refractivity contribution in [3.8, 4) is 17.4 Å². The predicted octanol–water partition coefficient (Wildman–Crippen LogP) is 4.11. The third-order valence-corrected chi connectivity index (χ3v) is 3.37. The highest BCUT2D eigenvalue weighted by atomic mass is 19.4. The summed E-state index contributed by atoms with van der Waals surface area (Å²) in [6.45, 7) is -0.0286. The Morgan fingerprint density at radius 3 is 2.35 bits per heavy atom. The Morgan fingerprint density at radius 1 is 1.00 bits per heavy atom. The van der Waals surface area contributed by atoms with Crippen LogP contribution in [0.15, 0.2) is 67.1 Å². The molecule has 0 atom stereocenters. The standard InChI is InChI=1S/C18H13F3N2O3/c19-18(20,21)14-8-6-13(7-9-14)11-25-17-16(10-23(24)12-22-17)26-15-4-2-1-3-5-15/h1-10,12H,11H2. The zero-order chi connectivity index (χ0) is 18.6. The first-order valence-electron chi connectivity index (χ1n) is 7.52. The van der Waals surface area contributed by atoms with E-state index in [-0.39, 0.29) is 18.2 Å². The summed E-state index contributed by atoms with van der Waals surface area (Å²) in [6.07, 6.45) is -2.24. The van der Waals surface area contributed by atoms with Crippen molar-refractivity contribution in [3.05, 3.63) is 83.5 Å². The second kappa shape index (κ2) is 7.30. The molecule has 2 aromatic carbocycles. The van der Waals surface area contributed by atoms with Crippen LogP contribution in [-0.2, 0) is 12.8 Å². The van der Waals surface area contributed by atoms with Crippen LogP contribution in [0.1, 0.15) is 11.1 Å². The number of alkyl halides is 3. The highest BCUT2D eigenvalue weighted by Crippen LogP contribution is 2.30. The first-order valence-corrected chi connectivity index (χ1v) is 7.52. The zero-order valence-electron chi connectivity index (χ0n) is 13.3. The Morgan fingerprint density at radius 2 is 1.69 bits per heavy atom. The fraction of sp³-hybridized carbons (Fsp3) is 0.111. The second-order valence-electron chi connectivity index (χ2n) is 5.30. The Bertz CT molecular complexity index is 869. The van der Waals surface area contributed by atoms with Crippen LogP contribution in [0, 0.1) is 5.21 Å². The molecule has 8 heteroatoms. The van der Waals surface area contributed by atoms with Gasteiger partial charge in [0.05, 0.1) is 5.56 Å². The van der Waals surface area contributed by atoms with E-state index < -0.39 is 11.7 Å². The second-order valence-corrected chi connectivity index (χ2v) is 5.30. The van der Waals surface area contributed by atoms with Gasteiger partial charge in [-0.1, -0.05) is 30.3 Å². The van der Waals surface area contributed by atoms with E-state index in [0.29, 0.717) is 16.0 Å². The lowest BCUT2D eigenvalue weighted by Crippen LogP contribution is -2.25. The van der Waals surface area contributed by atoms with Gasteiger partial charge in [-0.2, -0.15) is 13.2 Å². The van der Waals surface area contributed by atoms with Crippen LogP contribution in [0.4, 0.5) is 13.2 Å². The van der Waals surface area contributed by atoms with E-state index in [0.717, 1.165) is 24.7 Å². The molecule has 0 unspecified atom stereocenters. The third-order valence-electron chi connectivity index (χ3n) is 3.37. The molecule has 1 aromatic heterocycles. The van der Waals surface area contributed by atoms with E-state index in [4.69, 9.17) is 9.47 Å². The minimum absolute atomic E-state index is 0.0286. The maximum absolute atomic E-state index is 12.6. The topological polar surface area (TPSA) is 58.3 Å². The van der Waals surface area contributed by atoms with Gasteiger partial charge in [0.15, 0.2) is 0 Å². The SMILES string of the molecule is [O-][n+]1cnc(OCc2ccc(C(F)(F)F)cc2)c(Oc2ccccc2)c1. The first-order chi connectivity index (χ1) is 12.4. The molecule has 134 valence electrons. The van der Waals surface area contributed by atoms with Crippen molar-refractivity contribution in [1.29, 1.82) is 0 Å². The van der Waals surface area contributed by atoms with Crippen molar-refractivity contribution >= 4 is 0 Å². The van der Waals surface area contributed by atoms with Gasteiger partial charge < -0.3 is 14.7 Å². The molecule has 3 aromatic rings. The minimum atomic E-state index is -4.39. The number of para-hydroxylation sites is 1. The van der Waals surface area contributed by atoms with Gasteiger partial charge in [-0.3, -0.25) is 0 Å². The van der Waals surface area contributed by atoms with Crippen LogP contribution in [0.25, 0.3) is 0 Å². The van der Waals surface area contributed by atoms with Gasteiger partial charge in [0.2, 0.25) is 0 Å². The molecule has 3 rings (SSSR count). The number of nitrogens with zero attached hydrogens (tertiary/aromatic N) is 2. The molecular weight excluding hydrogens is 349 g/mol. The average Bonchev–Trinajstić information content (AvgIpc) is 2.61. The number of ether oxygens (including phenoxy) is 2. The third kappa shape index (κ3) is 4.41. The van der Waals surface area contributed by atoms with Crippen LogP contribution >= 0.6 is 0 Å². The molecule has 0 N–H and O–H groups in total. The Labute approximate surface area is 146 Å². The summed E-state index contributed by atoms with van der Waals surface area (Å²) in [4.78, 5) is 3.87. The molecule has 0 amide bonds. The molecule has 0 aliphatic heterocycles. The molecule has 0 fully saturated rings. The Balaban J connectivity index is 1.73. The van der Waals surface area contributed by atoms with Crippen molar-refractivity contribution in [2.75, 3.05) is 0 Å². The van der Waals surface area contributed by atoms with Crippen molar-refractivity contribution in [2.24, 2.45) is 0 Å². The number of rotatable bonds is 5. The Kier molecular flexibility index (Phi) is 4.92. The summed E-state index contributed by atoms with van der Waals surface area (Å²) in [5.41, 5.74) is -0.219. The highest BCUT2D eigenvalue weighted by Gasteiger charge is 2.30. The van der Waals surface area contributed by atoms with Gasteiger partial charge in [-0.25, -0.2) is 4.73 Å². The number of hydrogen-bond acceptors (Lipinski definition) is 4. The predicted molar refractivity (Wildman–Crippen MR) is 85.5 cm³/mol. The molecule has 1 heterocycles. The average molecular weight is 362 g/mol. The molecule has 0 aliphatic rings. The van der Waals surface area contributed by atoms with E-state index in [9.17, 15) is 18.4 Å². The quantitative estimate of drug-likeness (QED) is 0.506. The number of benzene rings is 2. The minimum Gasteiger partial charge on any atom is -0.711 e. The summed E-state index contributed by atoms with van der Waals surface area (Å²) in [5.74, 6) is 0.640. The monoisotopic (exact) mass is 362 g/mol. The fourth-order valence-corrected chi connectivity index (χ4v) is 2.11. The molecule has 26 heavy (non-hydrogen) atoms. The lowest BCUT2D eigenvalue weighted by molar-refractivity contribution is -0.609. The highest BCUT2D eigenvalue weighted by molar-refractivity contribution is 5.35. The van der Waals surface area contributed by atoms with E-state index in [1.54, 1.807) is 24.3 Å². The van der Waals surface area contributed by atoms with Gasteiger partial charge in [0.1, 0.15) is 18.6 Å². The van der Waals surface area contributed by atoms with E-state index in [1.807, 2.05) is 6.07 Å². The number of aromatic nitrogens is 2. The van der Waals surface area contributed by atoms with E-state index >= 15 is 0 Å². The number of halogens is 3. The van der Waals surface area contributed by atoms with Gasteiger partial charge in [-0.05, 0) is 34.8 Å². The molecule has 0 spiro atoms. The van der Waals surface area contributed by atoms with Crippen molar-refractivity contribution in [2.45, 2.75) is 12.8 Å². The smallest absolute Gasteiger partial charge is 0.416 e. The van der Waals surface area contributed by atoms with Crippen LogP contribution in [0.2, 0.25) is 0 Å². The van der Waals surface area contributed by atoms with Gasteiger partial charge in [0, 0.05) is 0 Å². The van der Waals surface area contributed by atoms with Crippen molar-refractivity contribution < 1.29 is 27.4 Å². The summed E-state index contributed by atoms with van der Waals surface area (Å²) < 4.78 is 49.3. The van der Waals surface area contributed by atoms with Crippen molar-refractivity contribution in [3.63, 3.8) is 0 Å². The molecule has 0 radical (unpaired) electrons. The summed E-state index contributed by atoms with van der Waals surface area (Å²) >= 11 is 0. The number of hydrogen-bond donors (Lipinski definition) is 0. The summed E-state index contributed by atoms with van der Waals surface area (Å²) in [6, 6.07) is 13.3. The van der Waals surface area contributed by atoms with Crippen LogP contribution in [0.5, 0.6) is 17.4 Å². The molecule has 0 saturated heterocycles. The van der Waals surface area contributed by atoms with E-state index in [2.05, 4.69) is 4.98 Å². The molecule has 0 saturated carbocycles. The van der Waals surface area contributed by atoms with Gasteiger partial charge >= 0.3 is 12.1 Å². The van der Waals surface area contributed by atoms with Crippen LogP contribution in [-0.4, -0.2) is 4.98 Å². The van der Waals surface area contributed by atoms with Crippen LogP contribution < -0.4 is 14.2 Å². The van der Waals surface area contributed by atoms with Gasteiger partial charge in [0.25, 0.3) is 12.1 Å². The lowest BCUT2D eigenvalue weighted by Gasteiger charge is -2.10. The largest absolute Gasteiger partial charge is 0.711 e.